The SMILES string of the molecule is C#CCOCC(COCC#C)(COCC#C)CC(=O)CCOCCOCCOCCOCCOCCOCCCC(=O)CCCNC(=O)c1ccc(NCc2cnc3nc(N)[nH]c(=O)c3n2)cc1. The summed E-state index contributed by atoms with van der Waals surface area (Å²) < 4.78 is 49.9. The number of aromatic nitrogens is 4. The zero-order valence-electron chi connectivity index (χ0n) is 38.7. The number of ether oxygens (including phenoxy) is 9. The number of nitrogens with one attached hydrogen (secondary N) is 3. The Kier molecular flexibility index (Phi) is 29.4. The minimum atomic E-state index is -0.790. The lowest BCUT2D eigenvalue weighted by atomic mass is 9.84. The standard InChI is InChI=1S/C48H65N7O13/c1-4-17-66-35-48(36-67-18-5-2,37-68-19-6-3)32-42(57)15-21-61-23-25-63-27-29-65-31-30-64-28-26-62-24-22-60-20-8-10-41(56)9-7-16-50-45(58)38-11-13-39(14-12-38)51-33-40-34-52-44-43(53-40)46(59)55-47(49)54-44/h1-3,11-14,34,51H,7-10,15-33,35-37H2,(H,50,58)(H3,49,52,54,55,59). The van der Waals surface area contributed by atoms with Gasteiger partial charge in [-0.3, -0.25) is 24.2 Å². The highest BCUT2D eigenvalue weighted by molar-refractivity contribution is 5.94. The van der Waals surface area contributed by atoms with Crippen molar-refractivity contribution in [3.63, 3.8) is 0 Å². The first-order valence-electron chi connectivity index (χ1n) is 22.4. The lowest BCUT2D eigenvalue weighted by Gasteiger charge is -2.32. The second-order valence-electron chi connectivity index (χ2n) is 15.1. The number of terminal acetylenes is 3. The van der Waals surface area contributed by atoms with Crippen LogP contribution in [0.5, 0.6) is 0 Å². The third kappa shape index (κ3) is 24.8. The fourth-order valence-corrected chi connectivity index (χ4v) is 6.23. The van der Waals surface area contributed by atoms with Crippen molar-refractivity contribution in [3.05, 3.63) is 52.1 Å². The monoisotopic (exact) mass is 947 g/mol. The van der Waals surface area contributed by atoms with Gasteiger partial charge < -0.3 is 59.0 Å². The van der Waals surface area contributed by atoms with Crippen molar-refractivity contribution in [2.45, 2.75) is 45.1 Å². The Labute approximate surface area is 397 Å². The molecule has 20 heteroatoms. The van der Waals surface area contributed by atoms with E-state index in [-0.39, 0.29) is 93.7 Å². The molecule has 0 bridgehead atoms. The molecule has 0 aliphatic rings. The topological polar surface area (TPSA) is 256 Å². The van der Waals surface area contributed by atoms with Gasteiger partial charge in [0.15, 0.2) is 11.2 Å². The molecule has 0 aliphatic carbocycles. The molecule has 0 unspecified atom stereocenters. The summed E-state index contributed by atoms with van der Waals surface area (Å²) in [5.41, 5.74) is 6.33. The smallest absolute Gasteiger partial charge is 0.280 e. The van der Waals surface area contributed by atoms with Gasteiger partial charge in [0.1, 0.15) is 31.4 Å². The molecule has 1 amide bonds. The van der Waals surface area contributed by atoms with Crippen LogP contribution < -0.4 is 21.9 Å². The van der Waals surface area contributed by atoms with Gasteiger partial charge in [0, 0.05) is 55.5 Å². The number of carbonyl (C=O) groups is 3. The molecular formula is C48H65N7O13. The molecule has 68 heavy (non-hydrogen) atoms. The van der Waals surface area contributed by atoms with Gasteiger partial charge >= 0.3 is 0 Å². The minimum absolute atomic E-state index is 0.0276. The second-order valence-corrected chi connectivity index (χ2v) is 15.1. The first kappa shape index (κ1) is 56.5. The maximum atomic E-state index is 12.8. The summed E-state index contributed by atoms with van der Waals surface area (Å²) in [5, 5.41) is 6.03. The lowest BCUT2D eigenvalue weighted by Crippen LogP contribution is -2.40. The van der Waals surface area contributed by atoms with Gasteiger partial charge in [0.25, 0.3) is 11.5 Å². The Morgan fingerprint density at radius 2 is 1.16 bits per heavy atom. The number of anilines is 2. The Hall–Kier alpha value is -5.83. The van der Waals surface area contributed by atoms with Gasteiger partial charge in [-0.1, -0.05) is 17.8 Å². The Balaban J connectivity index is 1.07. The molecule has 370 valence electrons. The van der Waals surface area contributed by atoms with Crippen LogP contribution in [0.15, 0.2) is 35.3 Å². The summed E-state index contributed by atoms with van der Waals surface area (Å²) in [5.74, 6) is 7.04. The average molecular weight is 948 g/mol. The highest BCUT2D eigenvalue weighted by Gasteiger charge is 2.34. The highest BCUT2D eigenvalue weighted by Crippen LogP contribution is 2.26. The van der Waals surface area contributed by atoms with Crippen molar-refractivity contribution in [2.24, 2.45) is 5.41 Å². The third-order valence-electron chi connectivity index (χ3n) is 9.51. The fourth-order valence-electron chi connectivity index (χ4n) is 6.23. The third-order valence-corrected chi connectivity index (χ3v) is 9.51. The molecule has 0 fully saturated rings. The van der Waals surface area contributed by atoms with Crippen LogP contribution in [0.1, 0.15) is 54.6 Å². The number of H-pyrrole nitrogens is 1. The molecule has 0 saturated heterocycles. The Bertz CT molecular complexity index is 2070. The summed E-state index contributed by atoms with van der Waals surface area (Å²) in [6.45, 7) is 6.02. The van der Waals surface area contributed by atoms with Crippen LogP contribution in [-0.4, -0.2) is 163 Å². The minimum Gasteiger partial charge on any atom is -0.379 e. The number of benzene rings is 1. The van der Waals surface area contributed by atoms with E-state index >= 15 is 0 Å². The number of nitrogens with two attached hydrogens (primary N) is 1. The predicted molar refractivity (Wildman–Crippen MR) is 252 cm³/mol. The molecule has 20 nitrogen and oxygen atoms in total. The summed E-state index contributed by atoms with van der Waals surface area (Å²) >= 11 is 0. The molecular weight excluding hydrogens is 883 g/mol. The van der Waals surface area contributed by atoms with Crippen molar-refractivity contribution in [3.8, 4) is 37.0 Å². The zero-order valence-corrected chi connectivity index (χ0v) is 38.7. The largest absolute Gasteiger partial charge is 0.379 e. The van der Waals surface area contributed by atoms with Crippen molar-refractivity contribution in [1.29, 1.82) is 0 Å². The summed E-state index contributed by atoms with van der Waals surface area (Å²) in [6, 6.07) is 6.91. The quantitative estimate of drug-likeness (QED) is 0.0470. The van der Waals surface area contributed by atoms with E-state index in [0.29, 0.717) is 123 Å². The van der Waals surface area contributed by atoms with E-state index in [0.717, 1.165) is 5.69 Å². The van der Waals surface area contributed by atoms with Gasteiger partial charge in [-0.25, -0.2) is 9.97 Å². The van der Waals surface area contributed by atoms with Crippen molar-refractivity contribution >= 4 is 40.3 Å². The van der Waals surface area contributed by atoms with Crippen LogP contribution in [0.3, 0.4) is 0 Å². The number of ketones is 2. The van der Waals surface area contributed by atoms with Crippen LogP contribution in [0.25, 0.3) is 11.2 Å². The van der Waals surface area contributed by atoms with Gasteiger partial charge in [0.05, 0.1) is 111 Å². The molecule has 0 aliphatic heterocycles. The molecule has 3 aromatic rings. The maximum absolute atomic E-state index is 12.8. The normalized spacial score (nSPS) is 11.2. The van der Waals surface area contributed by atoms with Crippen LogP contribution in [0, 0.1) is 42.4 Å². The summed E-state index contributed by atoms with van der Waals surface area (Å²) in [6.07, 6.45) is 19.7. The first-order chi connectivity index (χ1) is 33.2. The van der Waals surface area contributed by atoms with E-state index in [1.165, 1.54) is 6.20 Å². The van der Waals surface area contributed by atoms with E-state index in [9.17, 15) is 19.2 Å². The summed E-state index contributed by atoms with van der Waals surface area (Å²) in [4.78, 5) is 64.6. The number of Topliss-reactive ketones (excluding diaryl/α,β-unsaturated/α-hetero) is 2. The van der Waals surface area contributed by atoms with E-state index < -0.39 is 11.0 Å². The van der Waals surface area contributed by atoms with E-state index in [2.05, 4.69) is 48.3 Å². The number of rotatable bonds is 41. The van der Waals surface area contributed by atoms with Crippen LogP contribution >= 0.6 is 0 Å². The van der Waals surface area contributed by atoms with Crippen molar-refractivity contribution < 1.29 is 57.0 Å². The number of hydrogen-bond acceptors (Lipinski definition) is 18. The molecule has 0 saturated carbocycles. The molecule has 0 atom stereocenters. The molecule has 2 aromatic heterocycles. The number of hydrogen-bond donors (Lipinski definition) is 4. The Morgan fingerprint density at radius 1 is 0.647 bits per heavy atom. The van der Waals surface area contributed by atoms with Crippen molar-refractivity contribution in [2.75, 3.05) is 137 Å². The maximum Gasteiger partial charge on any atom is 0.280 e. The van der Waals surface area contributed by atoms with Crippen LogP contribution in [0.2, 0.25) is 0 Å². The Morgan fingerprint density at radius 3 is 1.71 bits per heavy atom. The lowest BCUT2D eigenvalue weighted by molar-refractivity contribution is -0.128. The fraction of sp³-hybridized carbons (Fsp3) is 0.562. The summed E-state index contributed by atoms with van der Waals surface area (Å²) in [7, 11) is 0. The number of fused-ring (bicyclic) bond motifs is 1. The van der Waals surface area contributed by atoms with E-state index in [1.54, 1.807) is 24.3 Å². The average Bonchev–Trinajstić information content (AvgIpc) is 3.33. The predicted octanol–water partition coefficient (Wildman–Crippen LogP) is 2.15. The molecule has 2 heterocycles. The number of carbonyl (C=O) groups excluding carboxylic acids is 3. The zero-order chi connectivity index (χ0) is 48.9. The number of nitrogens with zero attached hydrogens (tertiary/aromatic N) is 3. The van der Waals surface area contributed by atoms with Crippen molar-refractivity contribution in [1.82, 2.24) is 25.3 Å². The first-order valence-corrected chi connectivity index (χ1v) is 22.4. The highest BCUT2D eigenvalue weighted by atomic mass is 16.6. The second kappa shape index (κ2) is 35.3. The molecule has 5 N–H and O–H groups in total. The van der Waals surface area contributed by atoms with Gasteiger partial charge in [-0.15, -0.1) is 19.3 Å². The number of aromatic amines is 1. The van der Waals surface area contributed by atoms with Crippen LogP contribution in [-0.2, 0) is 58.8 Å². The molecule has 3 rings (SSSR count). The number of nitrogen functional groups attached to an aromatic ring is 1. The number of amides is 1. The van der Waals surface area contributed by atoms with E-state index in [4.69, 9.17) is 67.6 Å². The van der Waals surface area contributed by atoms with E-state index in [1.807, 2.05) is 0 Å². The van der Waals surface area contributed by atoms with Crippen LogP contribution in [0.4, 0.5) is 11.6 Å². The molecule has 0 radical (unpaired) electrons. The van der Waals surface area contributed by atoms with Gasteiger partial charge in [-0.2, -0.15) is 4.98 Å². The van der Waals surface area contributed by atoms with Gasteiger partial charge in [0.2, 0.25) is 5.95 Å². The molecule has 1 aromatic carbocycles. The van der Waals surface area contributed by atoms with Gasteiger partial charge in [-0.05, 0) is 37.1 Å². The molecule has 0 spiro atoms.